The number of halogens is 1. The van der Waals surface area contributed by atoms with Gasteiger partial charge in [0, 0.05) is 12.7 Å². The second-order valence-corrected chi connectivity index (χ2v) is 6.80. The van der Waals surface area contributed by atoms with Gasteiger partial charge in [0.05, 0.1) is 15.9 Å². The molecule has 25 heavy (non-hydrogen) atoms. The highest BCUT2D eigenvalue weighted by Gasteiger charge is 2.12. The van der Waals surface area contributed by atoms with Crippen molar-refractivity contribution >= 4 is 21.8 Å². The minimum atomic E-state index is -0.132. The summed E-state index contributed by atoms with van der Waals surface area (Å²) in [6, 6.07) is 1.74. The standard InChI is InChI=1S/C17H27BrN6O/c1-5-22(6-2)10-7-9-19-17(25)15-8-11-23(21-15)12-24-14(4)16(18)13(3)20-24/h8,11H,5-7,9-10,12H2,1-4H3,(H,19,25). The van der Waals surface area contributed by atoms with E-state index in [4.69, 9.17) is 0 Å². The van der Waals surface area contributed by atoms with Crippen LogP contribution in [0, 0.1) is 13.8 Å². The second-order valence-electron chi connectivity index (χ2n) is 6.00. The Kier molecular flexibility index (Phi) is 7.19. The fourth-order valence-corrected chi connectivity index (χ4v) is 2.93. The number of aryl methyl sites for hydroxylation is 1. The molecule has 0 atom stereocenters. The monoisotopic (exact) mass is 410 g/mol. The minimum Gasteiger partial charge on any atom is -0.351 e. The predicted molar refractivity (Wildman–Crippen MR) is 102 cm³/mol. The van der Waals surface area contributed by atoms with Crippen molar-refractivity contribution in [2.75, 3.05) is 26.2 Å². The number of aromatic nitrogens is 4. The van der Waals surface area contributed by atoms with Gasteiger partial charge in [-0.25, -0.2) is 4.68 Å². The predicted octanol–water partition coefficient (Wildman–Crippen LogP) is 2.43. The largest absolute Gasteiger partial charge is 0.351 e. The zero-order valence-corrected chi connectivity index (χ0v) is 17.0. The van der Waals surface area contributed by atoms with Crippen molar-refractivity contribution in [3.8, 4) is 0 Å². The van der Waals surface area contributed by atoms with Gasteiger partial charge in [-0.3, -0.25) is 9.48 Å². The molecule has 2 heterocycles. The molecule has 0 aromatic carbocycles. The first-order valence-corrected chi connectivity index (χ1v) is 9.49. The van der Waals surface area contributed by atoms with Crippen LogP contribution in [0.15, 0.2) is 16.7 Å². The summed E-state index contributed by atoms with van der Waals surface area (Å²) in [6.45, 7) is 12.5. The van der Waals surface area contributed by atoms with Gasteiger partial charge in [0.1, 0.15) is 12.4 Å². The number of carbonyl (C=O) groups is 1. The molecule has 0 aliphatic rings. The molecule has 0 aliphatic heterocycles. The molecule has 2 aromatic heterocycles. The van der Waals surface area contributed by atoms with Crippen molar-refractivity contribution < 1.29 is 4.79 Å². The summed E-state index contributed by atoms with van der Waals surface area (Å²) in [5.41, 5.74) is 2.41. The van der Waals surface area contributed by atoms with Crippen molar-refractivity contribution in [2.24, 2.45) is 0 Å². The molecule has 138 valence electrons. The Morgan fingerprint density at radius 2 is 2.00 bits per heavy atom. The molecular weight excluding hydrogens is 384 g/mol. The highest BCUT2D eigenvalue weighted by molar-refractivity contribution is 9.10. The average molecular weight is 411 g/mol. The Morgan fingerprint density at radius 3 is 2.60 bits per heavy atom. The first-order valence-electron chi connectivity index (χ1n) is 8.69. The van der Waals surface area contributed by atoms with Gasteiger partial charge in [-0.1, -0.05) is 13.8 Å². The van der Waals surface area contributed by atoms with Gasteiger partial charge in [-0.05, 0) is 61.9 Å². The molecule has 0 unspecified atom stereocenters. The average Bonchev–Trinajstić information content (AvgIpc) is 3.16. The molecule has 8 heteroatoms. The van der Waals surface area contributed by atoms with E-state index in [0.717, 1.165) is 41.9 Å². The number of hydrogen-bond acceptors (Lipinski definition) is 4. The third-order valence-electron chi connectivity index (χ3n) is 4.28. The maximum Gasteiger partial charge on any atom is 0.271 e. The van der Waals surface area contributed by atoms with Crippen molar-refractivity contribution in [2.45, 2.75) is 40.8 Å². The van der Waals surface area contributed by atoms with Gasteiger partial charge in [-0.2, -0.15) is 10.2 Å². The van der Waals surface area contributed by atoms with Gasteiger partial charge in [0.15, 0.2) is 0 Å². The summed E-state index contributed by atoms with van der Waals surface area (Å²) >= 11 is 3.52. The quantitative estimate of drug-likeness (QED) is 0.644. The van der Waals surface area contributed by atoms with Crippen molar-refractivity contribution in [3.05, 3.63) is 33.8 Å². The highest BCUT2D eigenvalue weighted by atomic mass is 79.9. The molecular formula is C17H27BrN6O. The number of nitrogens with zero attached hydrogens (tertiary/aromatic N) is 5. The fraction of sp³-hybridized carbons (Fsp3) is 0.588. The topological polar surface area (TPSA) is 68.0 Å². The van der Waals surface area contributed by atoms with Crippen LogP contribution in [0.4, 0.5) is 0 Å². The summed E-state index contributed by atoms with van der Waals surface area (Å²) in [5, 5.41) is 11.7. The van der Waals surface area contributed by atoms with Crippen molar-refractivity contribution in [1.82, 2.24) is 29.8 Å². The van der Waals surface area contributed by atoms with Crippen LogP contribution in [-0.4, -0.2) is 56.5 Å². The lowest BCUT2D eigenvalue weighted by molar-refractivity contribution is 0.0946. The highest BCUT2D eigenvalue weighted by Crippen LogP contribution is 2.19. The Morgan fingerprint density at radius 1 is 1.28 bits per heavy atom. The van der Waals surface area contributed by atoms with E-state index in [9.17, 15) is 4.79 Å². The SMILES string of the molecule is CCN(CC)CCCNC(=O)c1ccn(Cn2nc(C)c(Br)c2C)n1. The number of rotatable bonds is 9. The zero-order valence-electron chi connectivity index (χ0n) is 15.4. The third-order valence-corrected chi connectivity index (χ3v) is 5.42. The molecule has 1 N–H and O–H groups in total. The van der Waals surface area contributed by atoms with E-state index in [1.807, 2.05) is 18.5 Å². The summed E-state index contributed by atoms with van der Waals surface area (Å²) in [4.78, 5) is 14.5. The summed E-state index contributed by atoms with van der Waals surface area (Å²) in [5.74, 6) is -0.132. The van der Waals surface area contributed by atoms with E-state index in [-0.39, 0.29) is 5.91 Å². The first-order chi connectivity index (χ1) is 12.0. The lowest BCUT2D eigenvalue weighted by Crippen LogP contribution is -2.30. The smallest absolute Gasteiger partial charge is 0.271 e. The summed E-state index contributed by atoms with van der Waals surface area (Å²) in [6.07, 6.45) is 2.74. The van der Waals surface area contributed by atoms with E-state index in [1.165, 1.54) is 0 Å². The van der Waals surface area contributed by atoms with Gasteiger partial charge in [0.2, 0.25) is 0 Å². The maximum atomic E-state index is 12.2. The van der Waals surface area contributed by atoms with Crippen LogP contribution in [0.3, 0.4) is 0 Å². The molecule has 0 spiro atoms. The Bertz CT molecular complexity index is 704. The van der Waals surface area contributed by atoms with Crippen LogP contribution in [0.2, 0.25) is 0 Å². The fourth-order valence-electron chi connectivity index (χ4n) is 2.65. The molecule has 2 aromatic rings. The zero-order chi connectivity index (χ0) is 18.4. The van der Waals surface area contributed by atoms with Gasteiger partial charge < -0.3 is 10.2 Å². The van der Waals surface area contributed by atoms with Crippen LogP contribution >= 0.6 is 15.9 Å². The molecule has 0 radical (unpaired) electrons. The lowest BCUT2D eigenvalue weighted by Gasteiger charge is -2.17. The summed E-state index contributed by atoms with van der Waals surface area (Å²) in [7, 11) is 0. The lowest BCUT2D eigenvalue weighted by atomic mass is 10.3. The molecule has 7 nitrogen and oxygen atoms in total. The van der Waals surface area contributed by atoms with Gasteiger partial charge >= 0.3 is 0 Å². The van der Waals surface area contributed by atoms with Crippen molar-refractivity contribution in [1.29, 1.82) is 0 Å². The normalized spacial score (nSPS) is 11.3. The molecule has 0 bridgehead atoms. The molecule has 0 fully saturated rings. The molecule has 1 amide bonds. The Balaban J connectivity index is 1.85. The van der Waals surface area contributed by atoms with Crippen LogP contribution in [0.25, 0.3) is 0 Å². The van der Waals surface area contributed by atoms with Gasteiger partial charge in [-0.15, -0.1) is 0 Å². The van der Waals surface area contributed by atoms with Crippen LogP contribution in [0.5, 0.6) is 0 Å². The van der Waals surface area contributed by atoms with E-state index < -0.39 is 0 Å². The van der Waals surface area contributed by atoms with E-state index in [1.54, 1.807) is 16.9 Å². The molecule has 2 rings (SSSR count). The van der Waals surface area contributed by atoms with Crippen LogP contribution < -0.4 is 5.32 Å². The second kappa shape index (κ2) is 9.15. The van der Waals surface area contributed by atoms with Crippen LogP contribution in [-0.2, 0) is 6.67 Å². The van der Waals surface area contributed by atoms with Crippen LogP contribution in [0.1, 0.15) is 42.1 Å². The Labute approximate surface area is 157 Å². The minimum absolute atomic E-state index is 0.132. The van der Waals surface area contributed by atoms with Gasteiger partial charge in [0.25, 0.3) is 5.91 Å². The number of carbonyl (C=O) groups excluding carboxylic acids is 1. The van der Waals surface area contributed by atoms with E-state index >= 15 is 0 Å². The Hall–Kier alpha value is -1.67. The number of hydrogen-bond donors (Lipinski definition) is 1. The maximum absolute atomic E-state index is 12.2. The molecule has 0 saturated carbocycles. The summed E-state index contributed by atoms with van der Waals surface area (Å²) < 4.78 is 4.58. The van der Waals surface area contributed by atoms with E-state index in [0.29, 0.717) is 18.9 Å². The number of amides is 1. The van der Waals surface area contributed by atoms with E-state index in [2.05, 4.69) is 50.2 Å². The third kappa shape index (κ3) is 5.15. The molecule has 0 saturated heterocycles. The van der Waals surface area contributed by atoms with Crippen molar-refractivity contribution in [3.63, 3.8) is 0 Å². The first kappa shape index (κ1) is 19.7. The molecule has 0 aliphatic carbocycles. The number of nitrogens with one attached hydrogen (secondary N) is 1.